The van der Waals surface area contributed by atoms with Gasteiger partial charge in [0.1, 0.15) is 24.0 Å². The second kappa shape index (κ2) is 17.8. The highest BCUT2D eigenvalue weighted by atomic mass is 32.2. The van der Waals surface area contributed by atoms with E-state index in [0.717, 1.165) is 49.6 Å². The van der Waals surface area contributed by atoms with Gasteiger partial charge in [0.05, 0.1) is 59.1 Å². The van der Waals surface area contributed by atoms with Gasteiger partial charge in [-0.05, 0) is 112 Å². The van der Waals surface area contributed by atoms with Crippen molar-refractivity contribution in [1.82, 2.24) is 19.6 Å². The number of hydrogen-bond acceptors (Lipinski definition) is 14. The number of benzene rings is 3. The minimum atomic E-state index is -4.69. The summed E-state index contributed by atoms with van der Waals surface area (Å²) in [4.78, 5) is 41.0. The highest BCUT2D eigenvalue weighted by Gasteiger charge is 2.50. The zero-order valence-electron chi connectivity index (χ0n) is 39.5. The van der Waals surface area contributed by atoms with Crippen molar-refractivity contribution in [3.63, 3.8) is 0 Å². The molecule has 0 unspecified atom stereocenters. The number of H-pyrrole nitrogens is 1. The quantitative estimate of drug-likeness (QED) is 0.0800. The lowest BCUT2D eigenvalue weighted by Gasteiger charge is -2.56. The van der Waals surface area contributed by atoms with Crippen LogP contribution in [-0.4, -0.2) is 111 Å². The second-order valence-electron chi connectivity index (χ2n) is 20.3. The number of fused-ring (bicyclic) bond motifs is 4. The number of pyridine rings is 1. The highest BCUT2D eigenvalue weighted by molar-refractivity contribution is 7.90. The van der Waals surface area contributed by atoms with Gasteiger partial charge in [0.2, 0.25) is 5.88 Å². The topological polar surface area (TPSA) is 194 Å². The molecule has 6 aliphatic rings. The van der Waals surface area contributed by atoms with Crippen LogP contribution in [0.4, 0.5) is 28.4 Å². The molecule has 3 N–H and O–H groups in total. The van der Waals surface area contributed by atoms with E-state index in [2.05, 4.69) is 62.9 Å². The zero-order valence-corrected chi connectivity index (χ0v) is 40.3. The minimum Gasteiger partial charge on any atom is -0.489 e. The van der Waals surface area contributed by atoms with E-state index in [-0.39, 0.29) is 47.8 Å². The van der Waals surface area contributed by atoms with Crippen LogP contribution in [0.25, 0.3) is 11.0 Å². The predicted molar refractivity (Wildman–Crippen MR) is 262 cm³/mol. The highest BCUT2D eigenvalue weighted by Crippen LogP contribution is 2.55. The number of amides is 1. The molecular weight excluding hydrogens is 901 g/mol. The molecule has 4 fully saturated rings. The van der Waals surface area contributed by atoms with Gasteiger partial charge in [-0.1, -0.05) is 38.1 Å². The minimum absolute atomic E-state index is 0.0166. The van der Waals surface area contributed by atoms with Crippen molar-refractivity contribution in [2.75, 3.05) is 61.2 Å². The number of ether oxygens (including phenoxy) is 4. The fourth-order valence-corrected chi connectivity index (χ4v) is 12.8. The molecule has 7 heterocycles. The number of nitrogens with zero attached hydrogens (tertiary/aromatic N) is 5. The molecule has 0 bridgehead atoms. The summed E-state index contributed by atoms with van der Waals surface area (Å²) in [7, 11) is -4.69. The Hall–Kier alpha value is -5.95. The van der Waals surface area contributed by atoms with Crippen LogP contribution in [0.5, 0.6) is 11.6 Å². The Morgan fingerprint density at radius 2 is 1.81 bits per heavy atom. The van der Waals surface area contributed by atoms with Gasteiger partial charge in [-0.25, -0.2) is 13.1 Å². The number of aromatic amines is 1. The zero-order chi connectivity index (χ0) is 47.8. The van der Waals surface area contributed by atoms with Crippen LogP contribution in [0.15, 0.2) is 77.8 Å². The Balaban J connectivity index is 0.879. The third-order valence-corrected chi connectivity index (χ3v) is 16.6. The monoisotopic (exact) mass is 960 g/mol. The van der Waals surface area contributed by atoms with E-state index in [0.29, 0.717) is 54.1 Å². The van der Waals surface area contributed by atoms with Crippen molar-refractivity contribution in [3.05, 3.63) is 99.7 Å². The number of nitro groups is 1. The van der Waals surface area contributed by atoms with Crippen LogP contribution in [0, 0.1) is 15.5 Å². The predicted octanol–water partition coefficient (Wildman–Crippen LogP) is 8.20. The van der Waals surface area contributed by atoms with Crippen LogP contribution in [0.3, 0.4) is 0 Å². The Morgan fingerprint density at radius 3 is 2.59 bits per heavy atom. The Labute approximate surface area is 402 Å². The van der Waals surface area contributed by atoms with Crippen LogP contribution < -0.4 is 29.3 Å². The summed E-state index contributed by atoms with van der Waals surface area (Å²) in [6.07, 6.45) is 8.22. The van der Waals surface area contributed by atoms with E-state index >= 15 is 0 Å². The van der Waals surface area contributed by atoms with E-state index in [4.69, 9.17) is 23.9 Å². The molecule has 69 heavy (non-hydrogen) atoms. The molecule has 5 aliphatic heterocycles. The van der Waals surface area contributed by atoms with Crippen molar-refractivity contribution in [2.24, 2.45) is 5.41 Å². The molecule has 2 aromatic heterocycles. The fraction of sp³-hybridized carbons (Fsp3) is 0.490. The van der Waals surface area contributed by atoms with Gasteiger partial charge in [-0.15, -0.1) is 0 Å². The largest absolute Gasteiger partial charge is 0.489 e. The van der Waals surface area contributed by atoms with Gasteiger partial charge in [0.15, 0.2) is 11.4 Å². The van der Waals surface area contributed by atoms with Gasteiger partial charge in [-0.3, -0.25) is 19.8 Å². The maximum atomic E-state index is 14.7. The second-order valence-corrected chi connectivity index (χ2v) is 22.0. The molecule has 18 heteroatoms. The average Bonchev–Trinajstić information content (AvgIpc) is 4.12. The third-order valence-electron chi connectivity index (χ3n) is 15.3. The number of hydrogen-bond donors (Lipinski definition) is 3. The molecule has 3 saturated heterocycles. The number of sulfonamides is 1. The third kappa shape index (κ3) is 8.42. The SMILES string of the molecule is CC(C)OC[C@H]1COc2cc(S(=O)(=O)NC(=O)c3ccc(N4CCC5(CC4)CC(N4CCC[C@H]4c4ccccc4C(C)C)C5)cc3N3c4cc5cc[nH]c5nc4O[C@H]4COC[C@@H]43)cc([N+](=O)[O-])c2N1. The van der Waals surface area contributed by atoms with E-state index in [1.807, 2.05) is 43.0 Å². The smallest absolute Gasteiger partial charge is 0.297 e. The molecule has 1 spiro atoms. The van der Waals surface area contributed by atoms with Crippen LogP contribution in [0.1, 0.15) is 99.7 Å². The number of aromatic nitrogens is 2. The van der Waals surface area contributed by atoms with Crippen molar-refractivity contribution in [1.29, 1.82) is 0 Å². The Kier molecular flexibility index (Phi) is 11.7. The number of piperidine rings is 1. The number of anilines is 4. The lowest BCUT2D eigenvalue weighted by atomic mass is 9.59. The lowest BCUT2D eigenvalue weighted by molar-refractivity contribution is -0.384. The van der Waals surface area contributed by atoms with Crippen LogP contribution >= 0.6 is 0 Å². The molecular formula is C51H60N8O9S. The molecule has 0 radical (unpaired) electrons. The van der Waals surface area contributed by atoms with Crippen molar-refractivity contribution >= 4 is 55.4 Å². The van der Waals surface area contributed by atoms with E-state index in [1.165, 1.54) is 42.9 Å². The molecule has 4 atom stereocenters. The summed E-state index contributed by atoms with van der Waals surface area (Å²) in [6.45, 7) is 12.1. The van der Waals surface area contributed by atoms with Gasteiger partial charge in [0, 0.05) is 54.6 Å². The number of likely N-dealkylation sites (tertiary alicyclic amines) is 1. The van der Waals surface area contributed by atoms with Crippen molar-refractivity contribution < 1.29 is 37.1 Å². The summed E-state index contributed by atoms with van der Waals surface area (Å²) >= 11 is 0. The number of rotatable bonds is 12. The Bertz CT molecular complexity index is 2910. The van der Waals surface area contributed by atoms with Crippen molar-refractivity contribution in [3.8, 4) is 11.6 Å². The van der Waals surface area contributed by atoms with E-state index < -0.39 is 43.6 Å². The molecule has 17 nitrogen and oxygen atoms in total. The summed E-state index contributed by atoms with van der Waals surface area (Å²) in [5, 5.41) is 16.3. The van der Waals surface area contributed by atoms with Crippen LogP contribution in [-0.2, 0) is 19.5 Å². The summed E-state index contributed by atoms with van der Waals surface area (Å²) < 4.78 is 54.7. The number of carbonyl (C=O) groups is 1. The molecule has 364 valence electrons. The first-order chi connectivity index (χ1) is 33.2. The summed E-state index contributed by atoms with van der Waals surface area (Å²) in [5.74, 6) is -0.0757. The lowest BCUT2D eigenvalue weighted by Crippen LogP contribution is -2.55. The standard InChI is InChI=1S/C51H60N8O9S/c1-30(2)37-8-5-6-9-38(37)40-10-7-17-57(40)35-24-51(25-35)14-18-56(19-15-51)34-11-12-39(41(21-34)58-43-20-32-13-16-52-48(32)54-50(43)68-46-29-65-28-44(46)58)49(60)55-69(63,64)36-22-42(59(61)62)47-45(23-36)67-27-33(53-47)26-66-31(3)4/h5-6,8-9,11-13,16,20-23,30-31,33,35,40,44,46,53H,7,10,14-15,17-19,24-29H2,1-4H3,(H,52,54)(H,55,60)/t33-,40-,44-,46-/m0/s1. The van der Waals surface area contributed by atoms with E-state index in [1.54, 1.807) is 12.3 Å². The van der Waals surface area contributed by atoms with Crippen molar-refractivity contribution in [2.45, 2.75) is 113 Å². The van der Waals surface area contributed by atoms with Gasteiger partial charge < -0.3 is 39.0 Å². The maximum Gasteiger partial charge on any atom is 0.297 e. The Morgan fingerprint density at radius 1 is 1.00 bits per heavy atom. The first kappa shape index (κ1) is 45.5. The molecule has 1 amide bonds. The number of carbonyl (C=O) groups excluding carboxylic acids is 1. The van der Waals surface area contributed by atoms with Gasteiger partial charge in [0.25, 0.3) is 21.6 Å². The normalized spacial score (nSPS) is 23.3. The molecule has 3 aromatic carbocycles. The summed E-state index contributed by atoms with van der Waals surface area (Å²) in [6, 6.07) is 20.8. The number of nitrogens with one attached hydrogen (secondary N) is 3. The van der Waals surface area contributed by atoms with Gasteiger partial charge in [-0.2, -0.15) is 4.98 Å². The molecule has 11 rings (SSSR count). The first-order valence-corrected chi connectivity index (χ1v) is 25.9. The first-order valence-electron chi connectivity index (χ1n) is 24.4. The fourth-order valence-electron chi connectivity index (χ4n) is 11.8. The number of nitro benzene ring substituents is 1. The average molecular weight is 961 g/mol. The maximum absolute atomic E-state index is 14.7. The van der Waals surface area contributed by atoms with E-state index in [9.17, 15) is 23.3 Å². The van der Waals surface area contributed by atoms with Crippen LogP contribution in [0.2, 0.25) is 0 Å². The molecule has 1 aliphatic carbocycles. The molecule has 1 saturated carbocycles. The van der Waals surface area contributed by atoms with Gasteiger partial charge >= 0.3 is 0 Å². The summed E-state index contributed by atoms with van der Waals surface area (Å²) in [5.41, 5.74) is 5.49. The molecule has 5 aromatic rings.